The number of para-hydroxylation sites is 1. The number of fused-ring (bicyclic) bond motifs is 1. The van der Waals surface area contributed by atoms with Gasteiger partial charge < -0.3 is 10.6 Å². The average molecular weight is 275 g/mol. The van der Waals surface area contributed by atoms with E-state index < -0.39 is 11.8 Å². The van der Waals surface area contributed by atoms with Crippen molar-refractivity contribution in [3.63, 3.8) is 0 Å². The number of carbonyl (C=O) groups excluding carboxylic acids is 3. The largest absolute Gasteiger partial charge is 0.330 e. The van der Waals surface area contributed by atoms with Gasteiger partial charge in [-0.2, -0.15) is 0 Å². The Morgan fingerprint density at radius 1 is 1.35 bits per heavy atom. The maximum atomic E-state index is 12.2. The molecule has 1 aliphatic rings. The van der Waals surface area contributed by atoms with Gasteiger partial charge in [-0.15, -0.1) is 0 Å². The van der Waals surface area contributed by atoms with Crippen LogP contribution in [-0.4, -0.2) is 42.8 Å². The van der Waals surface area contributed by atoms with Crippen molar-refractivity contribution in [3.05, 3.63) is 29.8 Å². The lowest BCUT2D eigenvalue weighted by atomic mass is 10.2. The van der Waals surface area contributed by atoms with Crippen molar-refractivity contribution in [1.29, 1.82) is 0 Å². The van der Waals surface area contributed by atoms with E-state index in [1.807, 2.05) is 18.2 Å². The molecule has 1 aromatic rings. The van der Waals surface area contributed by atoms with E-state index in [-0.39, 0.29) is 6.54 Å². The molecule has 106 valence electrons. The highest BCUT2D eigenvalue weighted by molar-refractivity contribution is 6.41. The smallest absolute Gasteiger partial charge is 0.318 e. The van der Waals surface area contributed by atoms with Crippen LogP contribution in [0.2, 0.25) is 0 Å². The zero-order valence-corrected chi connectivity index (χ0v) is 11.1. The first-order chi connectivity index (χ1) is 9.69. The highest BCUT2D eigenvalue weighted by atomic mass is 16.2. The van der Waals surface area contributed by atoms with Crippen molar-refractivity contribution < 1.29 is 14.4 Å². The van der Waals surface area contributed by atoms with Gasteiger partial charge in [0, 0.05) is 18.8 Å². The van der Waals surface area contributed by atoms with Gasteiger partial charge in [-0.1, -0.05) is 18.2 Å². The molecule has 3 amide bonds. The van der Waals surface area contributed by atoms with Crippen LogP contribution < -0.4 is 10.6 Å². The van der Waals surface area contributed by atoms with E-state index >= 15 is 0 Å². The van der Waals surface area contributed by atoms with Crippen LogP contribution in [0.3, 0.4) is 0 Å². The van der Waals surface area contributed by atoms with Gasteiger partial charge in [0.15, 0.2) is 0 Å². The first-order valence-electron chi connectivity index (χ1n) is 6.54. The molecular formula is C14H17N3O3. The summed E-state index contributed by atoms with van der Waals surface area (Å²) < 4.78 is 0. The molecule has 0 fully saturated rings. The molecule has 0 spiro atoms. The number of imide groups is 1. The van der Waals surface area contributed by atoms with Gasteiger partial charge >= 0.3 is 11.8 Å². The molecule has 0 radical (unpaired) electrons. The fourth-order valence-electron chi connectivity index (χ4n) is 2.25. The van der Waals surface area contributed by atoms with Crippen LogP contribution in [0.15, 0.2) is 24.3 Å². The Kier molecular flexibility index (Phi) is 4.47. The predicted molar refractivity (Wildman–Crippen MR) is 73.9 cm³/mol. The lowest BCUT2D eigenvalue weighted by Gasteiger charge is -2.20. The Morgan fingerprint density at radius 3 is 2.80 bits per heavy atom. The van der Waals surface area contributed by atoms with E-state index in [9.17, 15) is 14.4 Å². The highest BCUT2D eigenvalue weighted by Crippen LogP contribution is 2.27. The zero-order chi connectivity index (χ0) is 14.5. The summed E-state index contributed by atoms with van der Waals surface area (Å²) in [4.78, 5) is 37.5. The van der Waals surface area contributed by atoms with Gasteiger partial charge in [0.1, 0.15) is 0 Å². The summed E-state index contributed by atoms with van der Waals surface area (Å²) in [5.41, 5.74) is 7.13. The minimum Gasteiger partial charge on any atom is -0.330 e. The number of benzene rings is 1. The van der Waals surface area contributed by atoms with Crippen molar-refractivity contribution in [2.75, 3.05) is 24.5 Å². The molecule has 1 aliphatic heterocycles. The molecule has 0 bridgehead atoms. The molecule has 6 heteroatoms. The average Bonchev–Trinajstić information content (AvgIpc) is 2.91. The van der Waals surface area contributed by atoms with E-state index in [4.69, 9.17) is 5.73 Å². The summed E-state index contributed by atoms with van der Waals surface area (Å²) in [6.07, 6.45) is 1.59. The van der Waals surface area contributed by atoms with E-state index in [0.29, 0.717) is 25.9 Å². The summed E-state index contributed by atoms with van der Waals surface area (Å²) in [5.74, 6) is -1.47. The lowest BCUT2D eigenvalue weighted by molar-refractivity contribution is -0.147. The standard InChI is InChI=1S/C14H17N3O3/c15-7-3-8-16(10-18)13(19)14(20)17-9-6-11-4-1-2-5-12(11)17/h1-2,4-5,10H,3,6-9,15H2. The molecule has 0 aliphatic carbocycles. The molecule has 0 saturated carbocycles. The minimum absolute atomic E-state index is 0.167. The zero-order valence-electron chi connectivity index (χ0n) is 11.1. The molecule has 0 unspecified atom stereocenters. The van der Waals surface area contributed by atoms with Crippen LogP contribution in [0.5, 0.6) is 0 Å². The fraction of sp³-hybridized carbons (Fsp3) is 0.357. The number of rotatable bonds is 4. The number of hydrogen-bond acceptors (Lipinski definition) is 4. The highest BCUT2D eigenvalue weighted by Gasteiger charge is 2.31. The summed E-state index contributed by atoms with van der Waals surface area (Å²) in [6, 6.07) is 7.45. The Balaban J connectivity index is 2.12. The topological polar surface area (TPSA) is 83.7 Å². The second-order valence-electron chi connectivity index (χ2n) is 4.58. The Hall–Kier alpha value is -2.21. The summed E-state index contributed by atoms with van der Waals surface area (Å²) in [6.45, 7) is 0.992. The molecule has 0 aromatic heterocycles. The first-order valence-corrected chi connectivity index (χ1v) is 6.54. The molecule has 6 nitrogen and oxygen atoms in total. The quantitative estimate of drug-likeness (QED) is 0.615. The number of hydrogen-bond donors (Lipinski definition) is 1. The minimum atomic E-state index is -0.801. The van der Waals surface area contributed by atoms with Crippen LogP contribution >= 0.6 is 0 Å². The molecule has 1 aromatic carbocycles. The summed E-state index contributed by atoms with van der Waals surface area (Å²) in [7, 11) is 0. The van der Waals surface area contributed by atoms with Crippen LogP contribution in [0.1, 0.15) is 12.0 Å². The van der Waals surface area contributed by atoms with Crippen molar-refractivity contribution in [2.24, 2.45) is 5.73 Å². The molecule has 2 N–H and O–H groups in total. The third kappa shape index (κ3) is 2.70. The third-order valence-electron chi connectivity index (χ3n) is 3.31. The van der Waals surface area contributed by atoms with Gasteiger partial charge in [-0.3, -0.25) is 19.3 Å². The second-order valence-corrected chi connectivity index (χ2v) is 4.58. The van der Waals surface area contributed by atoms with Crippen LogP contribution in [0, 0.1) is 0 Å². The summed E-state index contributed by atoms with van der Waals surface area (Å²) in [5, 5.41) is 0. The molecule has 20 heavy (non-hydrogen) atoms. The van der Waals surface area contributed by atoms with Gasteiger partial charge in [0.05, 0.1) is 0 Å². The second kappa shape index (κ2) is 6.29. The van der Waals surface area contributed by atoms with E-state index in [1.54, 1.807) is 6.07 Å². The van der Waals surface area contributed by atoms with Crippen molar-refractivity contribution in [2.45, 2.75) is 12.8 Å². The maximum absolute atomic E-state index is 12.2. The van der Waals surface area contributed by atoms with Crippen molar-refractivity contribution >= 4 is 23.9 Å². The van der Waals surface area contributed by atoms with Crippen LogP contribution in [0.4, 0.5) is 5.69 Å². The first kappa shape index (κ1) is 14.2. The monoisotopic (exact) mass is 275 g/mol. The number of nitrogens with zero attached hydrogens (tertiary/aromatic N) is 2. The van der Waals surface area contributed by atoms with E-state index in [2.05, 4.69) is 0 Å². The van der Waals surface area contributed by atoms with E-state index in [0.717, 1.165) is 22.6 Å². The maximum Gasteiger partial charge on any atom is 0.318 e. The molecule has 0 saturated heterocycles. The molecule has 1 heterocycles. The Bertz CT molecular complexity index is 530. The summed E-state index contributed by atoms with van der Waals surface area (Å²) >= 11 is 0. The lowest BCUT2D eigenvalue weighted by Crippen LogP contribution is -2.45. The van der Waals surface area contributed by atoms with Gasteiger partial charge in [-0.05, 0) is 31.0 Å². The van der Waals surface area contributed by atoms with Crippen molar-refractivity contribution in [3.8, 4) is 0 Å². The van der Waals surface area contributed by atoms with Gasteiger partial charge in [0.25, 0.3) is 0 Å². The number of carbonyl (C=O) groups is 3. The van der Waals surface area contributed by atoms with E-state index in [1.165, 1.54) is 4.90 Å². The third-order valence-corrected chi connectivity index (χ3v) is 3.31. The Labute approximate surface area is 117 Å². The SMILES string of the molecule is NCCCN(C=O)C(=O)C(=O)N1CCc2ccccc21. The molecule has 0 atom stereocenters. The molecule has 2 rings (SSSR count). The van der Waals surface area contributed by atoms with Crippen LogP contribution in [-0.2, 0) is 20.8 Å². The normalized spacial score (nSPS) is 12.9. The molecular weight excluding hydrogens is 258 g/mol. The van der Waals surface area contributed by atoms with Gasteiger partial charge in [0.2, 0.25) is 6.41 Å². The van der Waals surface area contributed by atoms with Gasteiger partial charge in [-0.25, -0.2) is 0 Å². The number of nitrogens with two attached hydrogens (primary N) is 1. The Morgan fingerprint density at radius 2 is 2.10 bits per heavy atom. The number of amides is 3. The van der Waals surface area contributed by atoms with Crippen LogP contribution in [0.25, 0.3) is 0 Å². The fourth-order valence-corrected chi connectivity index (χ4v) is 2.25. The van der Waals surface area contributed by atoms with Crippen molar-refractivity contribution in [1.82, 2.24) is 4.90 Å². The number of anilines is 1. The predicted octanol–water partition coefficient (Wildman–Crippen LogP) is -0.0905.